The summed E-state index contributed by atoms with van der Waals surface area (Å²) in [6.07, 6.45) is -0.254. The highest BCUT2D eigenvalue weighted by Crippen LogP contribution is 2.40. The van der Waals surface area contributed by atoms with E-state index in [1.54, 1.807) is 40.9 Å². The zero-order valence-electron chi connectivity index (χ0n) is 79.0. The first-order valence-corrected chi connectivity index (χ1v) is 48.3. The number of amides is 4. The van der Waals surface area contributed by atoms with Crippen LogP contribution in [-0.4, -0.2) is 232 Å². The van der Waals surface area contributed by atoms with Crippen LogP contribution in [0.5, 0.6) is 23.0 Å². The van der Waals surface area contributed by atoms with Gasteiger partial charge < -0.3 is 98.7 Å². The fourth-order valence-electron chi connectivity index (χ4n) is 16.4. The number of phenols is 2. The monoisotopic (exact) mass is 1950 g/mol. The Labute approximate surface area is 816 Å². The fraction of sp³-hybridized carbons (Fsp3) is 0.390. The number of ether oxygens (including phenoxy) is 8. The summed E-state index contributed by atoms with van der Waals surface area (Å²) in [5, 5.41) is 58.5. The molecule has 728 valence electrons. The highest BCUT2D eigenvalue weighted by molar-refractivity contribution is 7.13. The number of halogens is 2. The predicted molar refractivity (Wildman–Crippen MR) is 533 cm³/mol. The van der Waals surface area contributed by atoms with Crippen molar-refractivity contribution >= 4 is 103 Å². The zero-order chi connectivity index (χ0) is 98.0. The number of fused-ring (bicyclic) bond motifs is 2. The Kier molecular flexibility index (Phi) is 37.9. The Bertz CT molecular complexity index is 6000. The standard InChI is InChI=1S/C52H60ClN5O9S.C30H32ClNO7.C23H31N3O3S/c1-33-43-26-40(59)16-19-44(43)57(47(33)37-12-14-39(53)15-13-37)29-36-8-17-42(18-9-36)67-25-24-65-21-20-64-22-23-66-31-46(61)56-49(52(3,4)5)51(63)58-30-41(60)27-45(58)50(62)54-28-35-6-10-38(11-7-35)48-34(2)55-32-68-48;1-21-27-18-25(33)8-11-28(27)32(30(21)23-4-6-24(31)7-5-23)19-22-2-9-26(10-3-22)39-17-16-37-13-12-36-14-15-38-20-29(34)35;1-14-20(30-13-25-14)16-8-5-15(6-9-16)7-10-19(28)18-11-17(27)12-26(18)22(29)21(24)23(2,3)4/h6-19,26,32,41,45,49,59-60H,20-25,27-31H2,1-5H3,(H,54,62)(H,56,61);2-11,18,33H,12-17,19-20H2,1H3,(H,34,35);5-6,8-9,13,17-18,21,27H,7,10-12,24H2,1-4H3/t41-,45+,49-;;17-,18+,21-/m1.1/s1. The summed E-state index contributed by atoms with van der Waals surface area (Å²) in [5.41, 5.74) is 25.5. The van der Waals surface area contributed by atoms with Gasteiger partial charge >= 0.3 is 5.97 Å². The van der Waals surface area contributed by atoms with E-state index in [9.17, 15) is 49.2 Å². The second-order valence-electron chi connectivity index (χ2n) is 36.1. The van der Waals surface area contributed by atoms with Crippen LogP contribution in [0, 0.1) is 38.5 Å². The molecule has 0 aliphatic carbocycles. The number of aryl methyl sites for hydroxylation is 5. The molecule has 0 saturated carbocycles. The lowest BCUT2D eigenvalue weighted by molar-refractivity contribution is -0.144. The van der Waals surface area contributed by atoms with Crippen LogP contribution in [0.15, 0.2) is 193 Å². The number of phenolic OH excluding ortho intramolecular Hbond substituents is 2. The summed E-state index contributed by atoms with van der Waals surface area (Å²) in [7, 11) is 0. The number of benzene rings is 8. The van der Waals surface area contributed by atoms with Crippen molar-refractivity contribution in [2.45, 2.75) is 151 Å². The van der Waals surface area contributed by atoms with Gasteiger partial charge in [0.05, 0.1) is 134 Å². The lowest BCUT2D eigenvalue weighted by Gasteiger charge is -2.35. The van der Waals surface area contributed by atoms with Gasteiger partial charge in [-0.1, -0.05) is 162 Å². The van der Waals surface area contributed by atoms with Gasteiger partial charge in [0.1, 0.15) is 61.5 Å². The maximum Gasteiger partial charge on any atom is 0.329 e. The number of hydrogen-bond acceptors (Lipinski definition) is 23. The van der Waals surface area contributed by atoms with Crippen molar-refractivity contribution in [1.82, 2.24) is 39.5 Å². The predicted octanol–water partition coefficient (Wildman–Crippen LogP) is 16.2. The molecule has 4 amide bonds. The normalized spacial score (nSPS) is 15.3. The highest BCUT2D eigenvalue weighted by atomic mass is 35.5. The number of Topliss-reactive ketones (excluding diaryl/α,β-unsaturated/α-hetero) is 1. The molecule has 0 spiro atoms. The molecule has 32 heteroatoms. The summed E-state index contributed by atoms with van der Waals surface area (Å²) in [6, 6.07) is 55.4. The molecule has 28 nitrogen and oxygen atoms in total. The molecule has 6 heterocycles. The number of aliphatic carboxylic acids is 1. The van der Waals surface area contributed by atoms with E-state index in [0.29, 0.717) is 95.4 Å². The van der Waals surface area contributed by atoms with Crippen molar-refractivity contribution in [3.63, 3.8) is 0 Å². The van der Waals surface area contributed by atoms with E-state index >= 15 is 0 Å². The quantitative estimate of drug-likeness (QED) is 0.0165. The van der Waals surface area contributed by atoms with E-state index in [2.05, 4.69) is 55.7 Å². The number of nitrogens with two attached hydrogens (primary N) is 1. The number of carboxylic acid groups (broad SMARTS) is 1. The number of nitrogens with zero attached hydrogens (tertiary/aromatic N) is 6. The molecule has 2 aliphatic rings. The van der Waals surface area contributed by atoms with Crippen LogP contribution in [0.2, 0.25) is 10.0 Å². The molecule has 12 aromatic rings. The van der Waals surface area contributed by atoms with Gasteiger partial charge in [0.15, 0.2) is 5.78 Å². The largest absolute Gasteiger partial charge is 0.508 e. The summed E-state index contributed by atoms with van der Waals surface area (Å²) >= 11 is 15.5. The Hall–Kier alpha value is -11.5. The second kappa shape index (κ2) is 49.7. The first-order chi connectivity index (χ1) is 65.6. The Morgan fingerprint density at radius 2 is 0.876 bits per heavy atom. The third kappa shape index (κ3) is 29.3. The molecule has 0 unspecified atom stereocenters. The van der Waals surface area contributed by atoms with Crippen molar-refractivity contribution in [1.29, 1.82) is 0 Å². The molecule has 2 fully saturated rings. The number of nitrogens with one attached hydrogen (secondary N) is 2. The number of carbonyl (C=O) groups excluding carboxylic acids is 5. The van der Waals surface area contributed by atoms with Gasteiger partial charge in [0.2, 0.25) is 23.6 Å². The molecule has 2 saturated heterocycles. The summed E-state index contributed by atoms with van der Waals surface area (Å²) in [6.45, 7) is 24.4. The van der Waals surface area contributed by atoms with Crippen molar-refractivity contribution < 1.29 is 92.2 Å². The number of aromatic nitrogens is 4. The first-order valence-electron chi connectivity index (χ1n) is 45.7. The average molecular weight is 1950 g/mol. The third-order valence-corrected chi connectivity index (χ3v) is 26.2. The van der Waals surface area contributed by atoms with E-state index in [-0.39, 0.29) is 94.6 Å². The number of hydrogen-bond donors (Lipinski definition) is 8. The van der Waals surface area contributed by atoms with E-state index in [1.165, 1.54) is 9.80 Å². The van der Waals surface area contributed by atoms with E-state index in [1.807, 2.05) is 218 Å². The SMILES string of the molecule is Cc1c(-c2ccc(Cl)cc2)n(Cc2ccc(OCCOCCOCCOCC(=O)O)cc2)c2ccc(O)cc12.Cc1ncsc1-c1ccc(CCC(=O)[C@@H]2C[C@@H](O)CN2C(=O)[C@@H](N)C(C)(C)C)cc1.Cc1ncsc1-c1ccc(CNC(=O)[C@@H]2C[C@@H](O)CN2C(=O)[C@@H](NC(=O)COCCOCCOCCOc2ccc(Cn3c(-c4ccc(Cl)cc4)c(C)c4cc(O)ccc43)cc2)C(C)(C)C)cc1. The minimum absolute atomic E-state index is 0.0169. The Balaban J connectivity index is 0.000000205. The molecule has 9 N–H and O–H groups in total. The van der Waals surface area contributed by atoms with Crippen molar-refractivity contribution in [2.24, 2.45) is 16.6 Å². The van der Waals surface area contributed by atoms with Gasteiger partial charge in [-0.2, -0.15) is 0 Å². The first kappa shape index (κ1) is 104. The van der Waals surface area contributed by atoms with Gasteiger partial charge in [0.25, 0.3) is 0 Å². The molecule has 14 rings (SSSR count). The van der Waals surface area contributed by atoms with Gasteiger partial charge in [-0.15, -0.1) is 22.7 Å². The maximum atomic E-state index is 13.9. The minimum Gasteiger partial charge on any atom is -0.508 e. The number of β-amino-alcohol motifs (C(OH)–C–C–N with tert-alkyl or cyclic N) is 2. The van der Waals surface area contributed by atoms with Crippen LogP contribution >= 0.6 is 45.9 Å². The molecule has 137 heavy (non-hydrogen) atoms. The number of rotatable bonds is 42. The molecule has 2 aliphatic heterocycles. The number of likely N-dealkylation sites (tertiary alicyclic amines) is 2. The van der Waals surface area contributed by atoms with Crippen LogP contribution in [0.25, 0.3) is 65.2 Å². The number of carboxylic acids is 1. The van der Waals surface area contributed by atoms with Gasteiger partial charge in [0, 0.05) is 83.8 Å². The molecule has 4 aromatic heterocycles. The molecular weight excluding hydrogens is 1830 g/mol. The van der Waals surface area contributed by atoms with E-state index < -0.39 is 65.0 Å². The van der Waals surface area contributed by atoms with Crippen LogP contribution < -0.4 is 25.8 Å². The molecule has 0 bridgehead atoms. The number of carbonyl (C=O) groups is 6. The second-order valence-corrected chi connectivity index (χ2v) is 38.7. The van der Waals surface area contributed by atoms with Crippen LogP contribution in [0.1, 0.15) is 106 Å². The molecule has 6 atom stereocenters. The molecular formula is C105H123Cl2N9O19S2. The summed E-state index contributed by atoms with van der Waals surface area (Å²) < 4.78 is 48.8. The number of thiazole rings is 2. The van der Waals surface area contributed by atoms with Crippen molar-refractivity contribution in [3.8, 4) is 66.4 Å². The Morgan fingerprint density at radius 1 is 0.482 bits per heavy atom. The Morgan fingerprint density at radius 3 is 1.29 bits per heavy atom. The zero-order valence-corrected chi connectivity index (χ0v) is 82.1. The van der Waals surface area contributed by atoms with Gasteiger partial charge in [-0.25, -0.2) is 14.8 Å². The molecule has 0 radical (unpaired) electrons. The van der Waals surface area contributed by atoms with Crippen molar-refractivity contribution in [2.75, 3.05) is 106 Å². The lowest BCUT2D eigenvalue weighted by Crippen LogP contribution is -2.58. The smallest absolute Gasteiger partial charge is 0.329 e. The number of aromatic hydroxyl groups is 2. The number of aliphatic hydroxyl groups is 2. The fourth-order valence-corrected chi connectivity index (χ4v) is 18.3. The number of aliphatic hydroxyl groups excluding tert-OH is 2. The van der Waals surface area contributed by atoms with Crippen LogP contribution in [0.4, 0.5) is 0 Å². The number of ketones is 1. The van der Waals surface area contributed by atoms with Crippen LogP contribution in [-0.2, 0) is 83.2 Å². The average Bonchev–Trinajstić information content (AvgIpc) is 1.60. The maximum absolute atomic E-state index is 13.9. The highest BCUT2D eigenvalue weighted by Gasteiger charge is 2.46. The minimum atomic E-state index is -0.997. The summed E-state index contributed by atoms with van der Waals surface area (Å²) in [4.78, 5) is 90.1. The summed E-state index contributed by atoms with van der Waals surface area (Å²) in [5.74, 6) is -0.636. The topological polar surface area (TPSA) is 370 Å². The van der Waals surface area contributed by atoms with Gasteiger partial charge in [-0.05, 0) is 186 Å². The third-order valence-electron chi connectivity index (χ3n) is 23.8. The molecule has 8 aromatic carbocycles. The van der Waals surface area contributed by atoms with E-state index in [0.717, 1.165) is 121 Å². The van der Waals surface area contributed by atoms with Crippen LogP contribution in [0.3, 0.4) is 0 Å². The lowest BCUT2D eigenvalue weighted by atomic mass is 9.85. The van der Waals surface area contributed by atoms with E-state index in [4.69, 9.17) is 71.9 Å². The van der Waals surface area contributed by atoms with Gasteiger partial charge in [-0.3, -0.25) is 24.0 Å². The van der Waals surface area contributed by atoms with Crippen molar-refractivity contribution in [3.05, 3.63) is 248 Å².